The van der Waals surface area contributed by atoms with Gasteiger partial charge in [0.1, 0.15) is 0 Å². The van der Waals surface area contributed by atoms with Gasteiger partial charge in [0.2, 0.25) is 0 Å². The van der Waals surface area contributed by atoms with Gasteiger partial charge in [0, 0.05) is 35.1 Å². The Labute approximate surface area is 170 Å². The summed E-state index contributed by atoms with van der Waals surface area (Å²) in [5.41, 5.74) is 2.52. The monoisotopic (exact) mass is 465 g/mol. The van der Waals surface area contributed by atoms with E-state index in [1.807, 2.05) is 41.3 Å². The summed E-state index contributed by atoms with van der Waals surface area (Å²) in [6.07, 6.45) is 0. The average molecular weight is 466 g/mol. The van der Waals surface area contributed by atoms with Crippen molar-refractivity contribution in [3.05, 3.63) is 58.1 Å². The van der Waals surface area contributed by atoms with E-state index in [2.05, 4.69) is 20.3 Å². The summed E-state index contributed by atoms with van der Waals surface area (Å²) in [4.78, 5) is 17.2. The van der Waals surface area contributed by atoms with Crippen molar-refractivity contribution in [1.82, 2.24) is 4.90 Å². The second-order valence-electron chi connectivity index (χ2n) is 6.38. The lowest BCUT2D eigenvalue weighted by atomic mass is 10.1. The fourth-order valence-electron chi connectivity index (χ4n) is 3.02. The maximum Gasteiger partial charge on any atom is 0.257 e. The zero-order valence-electron chi connectivity index (χ0n) is 14.4. The molecule has 6 nitrogen and oxygen atoms in total. The molecule has 27 heavy (non-hydrogen) atoms. The highest BCUT2D eigenvalue weighted by atomic mass is 79.9. The summed E-state index contributed by atoms with van der Waals surface area (Å²) in [6, 6.07) is 13.3. The number of nitrogens with zero attached hydrogens (tertiary/aromatic N) is 3. The van der Waals surface area contributed by atoms with Gasteiger partial charge in [0.05, 0.1) is 11.4 Å². The number of halogens is 1. The molecule has 2 heterocycles. The molecule has 2 aliphatic heterocycles. The SMILES string of the molecule is CN(Cc1ccc(Br)cc1)C(=O)c1ccc2c(c1)SC1=NS(=O)(=O)CCN12. The highest BCUT2D eigenvalue weighted by molar-refractivity contribution is 9.10. The van der Waals surface area contributed by atoms with Crippen molar-refractivity contribution in [3.63, 3.8) is 0 Å². The third-order valence-electron chi connectivity index (χ3n) is 4.40. The van der Waals surface area contributed by atoms with E-state index < -0.39 is 10.0 Å². The van der Waals surface area contributed by atoms with E-state index in [0.29, 0.717) is 23.8 Å². The van der Waals surface area contributed by atoms with Gasteiger partial charge in [0.15, 0.2) is 5.17 Å². The van der Waals surface area contributed by atoms with E-state index in [-0.39, 0.29) is 11.7 Å². The molecule has 2 aromatic carbocycles. The van der Waals surface area contributed by atoms with Gasteiger partial charge in [0.25, 0.3) is 15.9 Å². The van der Waals surface area contributed by atoms with Crippen molar-refractivity contribution < 1.29 is 13.2 Å². The lowest BCUT2D eigenvalue weighted by Crippen LogP contribution is -2.35. The van der Waals surface area contributed by atoms with Crippen LogP contribution in [0.25, 0.3) is 0 Å². The molecule has 0 aromatic heterocycles. The number of amides is 1. The van der Waals surface area contributed by atoms with E-state index in [0.717, 1.165) is 20.6 Å². The fourth-order valence-corrected chi connectivity index (χ4v) is 5.58. The van der Waals surface area contributed by atoms with E-state index >= 15 is 0 Å². The Morgan fingerprint density at radius 1 is 1.26 bits per heavy atom. The van der Waals surface area contributed by atoms with Crippen molar-refractivity contribution in [2.75, 3.05) is 24.2 Å². The summed E-state index contributed by atoms with van der Waals surface area (Å²) in [5.74, 6) is -0.0756. The molecule has 2 aromatic rings. The highest BCUT2D eigenvalue weighted by Gasteiger charge is 2.33. The van der Waals surface area contributed by atoms with Crippen LogP contribution in [0.3, 0.4) is 0 Å². The zero-order valence-corrected chi connectivity index (χ0v) is 17.6. The number of benzene rings is 2. The summed E-state index contributed by atoms with van der Waals surface area (Å²) < 4.78 is 28.3. The predicted molar refractivity (Wildman–Crippen MR) is 111 cm³/mol. The van der Waals surface area contributed by atoms with Crippen LogP contribution in [0.15, 0.2) is 56.2 Å². The first kappa shape index (κ1) is 18.5. The molecule has 0 saturated heterocycles. The molecule has 0 N–H and O–H groups in total. The van der Waals surface area contributed by atoms with Gasteiger partial charge in [-0.2, -0.15) is 0 Å². The van der Waals surface area contributed by atoms with Crippen LogP contribution in [-0.4, -0.2) is 43.7 Å². The summed E-state index contributed by atoms with van der Waals surface area (Å²) >= 11 is 4.70. The maximum absolute atomic E-state index is 12.8. The van der Waals surface area contributed by atoms with Gasteiger partial charge in [-0.05, 0) is 47.7 Å². The van der Waals surface area contributed by atoms with Gasteiger partial charge in [-0.1, -0.05) is 28.1 Å². The number of amidine groups is 1. The van der Waals surface area contributed by atoms with Crippen molar-refractivity contribution in [3.8, 4) is 0 Å². The standard InChI is InChI=1S/C18H16BrN3O3S2/c1-21(11-12-2-5-14(19)6-3-12)17(23)13-4-7-15-16(10-13)26-18-20-27(24,25)9-8-22(15)18/h2-7,10H,8-9,11H2,1H3. The number of hydrogen-bond donors (Lipinski definition) is 0. The molecule has 0 radical (unpaired) electrons. The topological polar surface area (TPSA) is 70.0 Å². The first-order chi connectivity index (χ1) is 12.8. The highest BCUT2D eigenvalue weighted by Crippen LogP contribution is 2.42. The number of hydrogen-bond acceptors (Lipinski definition) is 5. The van der Waals surface area contributed by atoms with Crippen LogP contribution >= 0.6 is 27.7 Å². The minimum atomic E-state index is -3.39. The number of carbonyl (C=O) groups excluding carboxylic acids is 1. The van der Waals surface area contributed by atoms with Crippen molar-refractivity contribution in [1.29, 1.82) is 0 Å². The van der Waals surface area contributed by atoms with Crippen LogP contribution in [0.1, 0.15) is 15.9 Å². The number of rotatable bonds is 3. The lowest BCUT2D eigenvalue weighted by molar-refractivity contribution is 0.0785. The van der Waals surface area contributed by atoms with Crippen LogP contribution in [0, 0.1) is 0 Å². The Bertz CT molecular complexity index is 1050. The van der Waals surface area contributed by atoms with E-state index in [1.54, 1.807) is 18.0 Å². The number of fused-ring (bicyclic) bond motifs is 3. The Morgan fingerprint density at radius 2 is 2.00 bits per heavy atom. The fraction of sp³-hybridized carbons (Fsp3) is 0.222. The molecule has 0 unspecified atom stereocenters. The Kier molecular flexibility index (Phi) is 4.77. The van der Waals surface area contributed by atoms with Crippen LogP contribution in [-0.2, 0) is 16.6 Å². The van der Waals surface area contributed by atoms with E-state index in [9.17, 15) is 13.2 Å². The quantitative estimate of drug-likeness (QED) is 0.694. The third kappa shape index (κ3) is 3.76. The van der Waals surface area contributed by atoms with Crippen molar-refractivity contribution in [2.45, 2.75) is 11.4 Å². The summed E-state index contributed by atoms with van der Waals surface area (Å²) in [7, 11) is -1.62. The number of thioether (sulfide) groups is 1. The minimum absolute atomic E-state index is 0.00705. The van der Waals surface area contributed by atoms with Crippen LogP contribution in [0.4, 0.5) is 5.69 Å². The lowest BCUT2D eigenvalue weighted by Gasteiger charge is -2.22. The van der Waals surface area contributed by atoms with Gasteiger partial charge < -0.3 is 9.80 Å². The molecular formula is C18H16BrN3O3S2. The average Bonchev–Trinajstić information content (AvgIpc) is 2.98. The van der Waals surface area contributed by atoms with Gasteiger partial charge in [-0.25, -0.2) is 8.42 Å². The molecule has 1 amide bonds. The van der Waals surface area contributed by atoms with Gasteiger partial charge >= 0.3 is 0 Å². The van der Waals surface area contributed by atoms with Gasteiger partial charge in [-0.15, -0.1) is 4.40 Å². The minimum Gasteiger partial charge on any atom is -0.337 e. The largest absolute Gasteiger partial charge is 0.337 e. The number of sulfonamides is 1. The molecule has 140 valence electrons. The van der Waals surface area contributed by atoms with Crippen molar-refractivity contribution in [2.24, 2.45) is 4.40 Å². The molecule has 0 fully saturated rings. The van der Waals surface area contributed by atoms with Crippen LogP contribution in [0.5, 0.6) is 0 Å². The molecule has 0 bridgehead atoms. The maximum atomic E-state index is 12.8. The third-order valence-corrected chi connectivity index (χ3v) is 7.23. The molecule has 2 aliphatic rings. The zero-order chi connectivity index (χ0) is 19.2. The van der Waals surface area contributed by atoms with Crippen molar-refractivity contribution >= 4 is 54.5 Å². The predicted octanol–water partition coefficient (Wildman–Crippen LogP) is 3.33. The molecular weight excluding hydrogens is 450 g/mol. The van der Waals surface area contributed by atoms with E-state index in [4.69, 9.17) is 0 Å². The molecule has 0 saturated carbocycles. The second-order valence-corrected chi connectivity index (χ2v) is 10.1. The smallest absolute Gasteiger partial charge is 0.257 e. The summed E-state index contributed by atoms with van der Waals surface area (Å²) in [6.45, 7) is 0.894. The number of anilines is 1. The molecule has 0 aliphatic carbocycles. The Hall–Kier alpha value is -1.84. The van der Waals surface area contributed by atoms with E-state index in [1.165, 1.54) is 11.8 Å². The first-order valence-electron chi connectivity index (χ1n) is 8.24. The molecule has 4 rings (SSSR count). The number of carbonyl (C=O) groups is 1. The van der Waals surface area contributed by atoms with Crippen LogP contribution < -0.4 is 4.90 Å². The Morgan fingerprint density at radius 3 is 2.74 bits per heavy atom. The Balaban J connectivity index is 1.55. The molecule has 0 atom stereocenters. The van der Waals surface area contributed by atoms with Crippen LogP contribution in [0.2, 0.25) is 0 Å². The first-order valence-corrected chi connectivity index (χ1v) is 11.5. The normalized spacial score (nSPS) is 17.1. The van der Waals surface area contributed by atoms with Gasteiger partial charge in [-0.3, -0.25) is 4.79 Å². The molecule has 9 heteroatoms. The second kappa shape index (κ2) is 6.96. The molecule has 0 spiro atoms. The summed E-state index contributed by atoms with van der Waals surface area (Å²) in [5, 5.41) is 0.462.